The summed E-state index contributed by atoms with van der Waals surface area (Å²) in [5.41, 5.74) is 1.34. The van der Waals surface area contributed by atoms with Crippen molar-refractivity contribution < 1.29 is 4.79 Å². The van der Waals surface area contributed by atoms with Gasteiger partial charge in [0.15, 0.2) is 0 Å². The second-order valence-corrected chi connectivity index (χ2v) is 5.22. The molecule has 3 nitrogen and oxygen atoms in total. The second kappa shape index (κ2) is 4.49. The lowest BCUT2D eigenvalue weighted by atomic mass is 9.85. The van der Waals surface area contributed by atoms with Crippen LogP contribution in [0.4, 0.5) is 0 Å². The lowest BCUT2D eigenvalue weighted by molar-refractivity contribution is -0.130. The van der Waals surface area contributed by atoms with Crippen LogP contribution in [0.25, 0.3) is 0 Å². The Hall–Kier alpha value is -1.35. The van der Waals surface area contributed by atoms with E-state index in [1.165, 1.54) is 5.56 Å². The maximum atomic E-state index is 11.7. The summed E-state index contributed by atoms with van der Waals surface area (Å²) in [6.45, 7) is 3.87. The molecule has 90 valence electrons. The van der Waals surface area contributed by atoms with Crippen LogP contribution in [0.2, 0.25) is 0 Å². The number of hydrogen-bond acceptors (Lipinski definition) is 2. The molecule has 2 aliphatic heterocycles. The molecular formula is C14H18N2O. The van der Waals surface area contributed by atoms with E-state index in [1.54, 1.807) is 0 Å². The van der Waals surface area contributed by atoms with E-state index < -0.39 is 0 Å². The number of rotatable bonds is 2. The van der Waals surface area contributed by atoms with Gasteiger partial charge in [-0.15, -0.1) is 0 Å². The summed E-state index contributed by atoms with van der Waals surface area (Å²) < 4.78 is 0. The van der Waals surface area contributed by atoms with Crippen molar-refractivity contribution in [3.63, 3.8) is 0 Å². The molecule has 2 saturated heterocycles. The summed E-state index contributed by atoms with van der Waals surface area (Å²) >= 11 is 0. The number of carbonyl (C=O) groups is 1. The van der Waals surface area contributed by atoms with E-state index in [0.29, 0.717) is 5.92 Å². The van der Waals surface area contributed by atoms with E-state index in [-0.39, 0.29) is 11.8 Å². The second-order valence-electron chi connectivity index (χ2n) is 5.22. The van der Waals surface area contributed by atoms with E-state index in [2.05, 4.69) is 34.5 Å². The van der Waals surface area contributed by atoms with Crippen molar-refractivity contribution in [3.05, 3.63) is 35.9 Å². The van der Waals surface area contributed by atoms with Gasteiger partial charge in [-0.05, 0) is 17.9 Å². The first-order chi connectivity index (χ1) is 8.31. The highest BCUT2D eigenvalue weighted by Gasteiger charge is 2.35. The first-order valence-corrected chi connectivity index (χ1v) is 6.35. The third-order valence-electron chi connectivity index (χ3n) is 3.80. The van der Waals surface area contributed by atoms with Crippen LogP contribution in [0.3, 0.4) is 0 Å². The molecule has 0 radical (unpaired) electrons. The molecule has 0 spiro atoms. The number of nitrogens with zero attached hydrogens (tertiary/aromatic N) is 1. The molecule has 1 amide bonds. The van der Waals surface area contributed by atoms with Gasteiger partial charge < -0.3 is 5.32 Å². The van der Waals surface area contributed by atoms with Crippen LogP contribution < -0.4 is 5.32 Å². The Morgan fingerprint density at radius 3 is 2.88 bits per heavy atom. The zero-order chi connectivity index (χ0) is 11.7. The van der Waals surface area contributed by atoms with E-state index in [0.717, 1.165) is 32.6 Å². The molecular weight excluding hydrogens is 212 g/mol. The standard InChI is InChI=1S/C14H18N2O/c17-14-13-6-12(7-15-14)9-16(10-13)8-11-4-2-1-3-5-11/h1-5,12-13H,6-10H2,(H,15,17)/t12-,13-/m1/s1. The monoisotopic (exact) mass is 230 g/mol. The van der Waals surface area contributed by atoms with Crippen LogP contribution in [-0.4, -0.2) is 30.4 Å². The summed E-state index contributed by atoms with van der Waals surface area (Å²) in [5.74, 6) is 1.11. The lowest BCUT2D eigenvalue weighted by Gasteiger charge is -2.40. The van der Waals surface area contributed by atoms with Crippen LogP contribution in [0.1, 0.15) is 12.0 Å². The molecule has 0 saturated carbocycles. The highest BCUT2D eigenvalue weighted by Crippen LogP contribution is 2.26. The van der Waals surface area contributed by atoms with Crippen LogP contribution in [-0.2, 0) is 11.3 Å². The molecule has 0 aromatic heterocycles. The topological polar surface area (TPSA) is 32.3 Å². The summed E-state index contributed by atoms with van der Waals surface area (Å²) in [6, 6.07) is 10.5. The Balaban J connectivity index is 1.67. The number of likely N-dealkylation sites (tertiary alicyclic amines) is 1. The zero-order valence-corrected chi connectivity index (χ0v) is 9.93. The smallest absolute Gasteiger partial charge is 0.224 e. The molecule has 2 atom stereocenters. The van der Waals surface area contributed by atoms with Gasteiger partial charge in [-0.2, -0.15) is 0 Å². The predicted molar refractivity (Wildman–Crippen MR) is 66.3 cm³/mol. The Bertz CT molecular complexity index is 404. The number of hydrogen-bond donors (Lipinski definition) is 1. The van der Waals surface area contributed by atoms with Crippen LogP contribution in [0.5, 0.6) is 0 Å². The van der Waals surface area contributed by atoms with Gasteiger partial charge in [0.05, 0.1) is 5.92 Å². The Kier molecular flexibility index (Phi) is 2.85. The van der Waals surface area contributed by atoms with E-state index in [1.807, 2.05) is 6.07 Å². The van der Waals surface area contributed by atoms with Crippen molar-refractivity contribution in [1.82, 2.24) is 10.2 Å². The molecule has 3 rings (SSSR count). The molecule has 2 heterocycles. The summed E-state index contributed by atoms with van der Waals surface area (Å²) in [6.07, 6.45) is 1.08. The molecule has 2 fully saturated rings. The first-order valence-electron chi connectivity index (χ1n) is 6.35. The van der Waals surface area contributed by atoms with E-state index in [4.69, 9.17) is 0 Å². The minimum atomic E-state index is 0.214. The molecule has 0 unspecified atom stereocenters. The van der Waals surface area contributed by atoms with Gasteiger partial charge in [-0.25, -0.2) is 0 Å². The van der Waals surface area contributed by atoms with Gasteiger partial charge in [-0.3, -0.25) is 9.69 Å². The molecule has 2 aliphatic rings. The number of carbonyl (C=O) groups excluding carboxylic acids is 1. The zero-order valence-electron chi connectivity index (χ0n) is 9.93. The highest BCUT2D eigenvalue weighted by atomic mass is 16.2. The fourth-order valence-electron chi connectivity index (χ4n) is 3.00. The van der Waals surface area contributed by atoms with Gasteiger partial charge in [0, 0.05) is 26.2 Å². The lowest BCUT2D eigenvalue weighted by Crippen LogP contribution is -2.53. The number of benzene rings is 1. The Morgan fingerprint density at radius 2 is 2.06 bits per heavy atom. The average Bonchev–Trinajstić information content (AvgIpc) is 2.36. The predicted octanol–water partition coefficient (Wildman–Crippen LogP) is 1.25. The van der Waals surface area contributed by atoms with E-state index in [9.17, 15) is 4.79 Å². The number of fused-ring (bicyclic) bond motifs is 2. The fraction of sp³-hybridized carbons (Fsp3) is 0.500. The quantitative estimate of drug-likeness (QED) is 0.829. The maximum Gasteiger partial charge on any atom is 0.224 e. The van der Waals surface area contributed by atoms with Crippen LogP contribution in [0.15, 0.2) is 30.3 Å². The molecule has 0 aliphatic carbocycles. The summed E-state index contributed by atoms with van der Waals surface area (Å²) in [7, 11) is 0. The highest BCUT2D eigenvalue weighted by molar-refractivity contribution is 5.79. The number of amides is 1. The minimum absolute atomic E-state index is 0.214. The molecule has 3 heteroatoms. The SMILES string of the molecule is O=C1NC[C@H]2C[C@@H]1CN(Cc1ccccc1)C2. The average molecular weight is 230 g/mol. The Labute approximate surface area is 102 Å². The molecule has 1 aromatic rings. The van der Waals surface area contributed by atoms with Crippen molar-refractivity contribution in [3.8, 4) is 0 Å². The number of piperidine rings is 2. The molecule has 2 bridgehead atoms. The van der Waals surface area contributed by atoms with Gasteiger partial charge in [0.25, 0.3) is 0 Å². The molecule has 1 aromatic carbocycles. The third-order valence-corrected chi connectivity index (χ3v) is 3.80. The van der Waals surface area contributed by atoms with Gasteiger partial charge >= 0.3 is 0 Å². The third kappa shape index (κ3) is 2.34. The normalized spacial score (nSPS) is 28.8. The first kappa shape index (κ1) is 10.8. The maximum absolute atomic E-state index is 11.7. The van der Waals surface area contributed by atoms with Crippen molar-refractivity contribution in [2.75, 3.05) is 19.6 Å². The summed E-state index contributed by atoms with van der Waals surface area (Å²) in [5, 5.41) is 3.00. The Morgan fingerprint density at radius 1 is 1.24 bits per heavy atom. The number of nitrogens with one attached hydrogen (secondary N) is 1. The van der Waals surface area contributed by atoms with E-state index >= 15 is 0 Å². The van der Waals surface area contributed by atoms with Crippen molar-refractivity contribution in [1.29, 1.82) is 0 Å². The largest absolute Gasteiger partial charge is 0.355 e. The van der Waals surface area contributed by atoms with Gasteiger partial charge in [0.1, 0.15) is 0 Å². The minimum Gasteiger partial charge on any atom is -0.355 e. The van der Waals surface area contributed by atoms with Crippen molar-refractivity contribution >= 4 is 5.91 Å². The van der Waals surface area contributed by atoms with Crippen LogP contribution >= 0.6 is 0 Å². The van der Waals surface area contributed by atoms with Gasteiger partial charge in [-0.1, -0.05) is 30.3 Å². The van der Waals surface area contributed by atoms with Gasteiger partial charge in [0.2, 0.25) is 5.91 Å². The fourth-order valence-corrected chi connectivity index (χ4v) is 3.00. The van der Waals surface area contributed by atoms with Crippen molar-refractivity contribution in [2.45, 2.75) is 13.0 Å². The van der Waals surface area contributed by atoms with Crippen molar-refractivity contribution in [2.24, 2.45) is 11.8 Å². The molecule has 17 heavy (non-hydrogen) atoms. The summed E-state index contributed by atoms with van der Waals surface area (Å²) in [4.78, 5) is 14.1. The van der Waals surface area contributed by atoms with Crippen LogP contribution in [0, 0.1) is 11.8 Å². The molecule has 1 N–H and O–H groups in total.